The van der Waals surface area contributed by atoms with Gasteiger partial charge in [-0.3, -0.25) is 14.5 Å². The molecule has 1 N–H and O–H groups in total. The number of imide groups is 1. The molecule has 1 rings (SSSR count). The van der Waals surface area contributed by atoms with Gasteiger partial charge in [0, 0.05) is 0 Å². The third-order valence-electron chi connectivity index (χ3n) is 1.51. The molecule has 5 nitrogen and oxygen atoms in total. The number of carboxylic acids is 1. The van der Waals surface area contributed by atoms with Gasteiger partial charge in [0.25, 0.3) is 5.24 Å². The molecule has 0 aromatic rings. The smallest absolute Gasteiger partial charge is 0.376 e. The Kier molecular flexibility index (Phi) is 2.74. The second-order valence-electron chi connectivity index (χ2n) is 2.54. The number of carbonyl (C=O) groups is 3. The number of carbonyl (C=O) groups excluding carboxylic acids is 2. The van der Waals surface area contributed by atoms with Crippen LogP contribution in [0.2, 0.25) is 0 Å². The molecule has 0 atom stereocenters. The number of hydrogen-bond acceptors (Lipinski definition) is 4. The zero-order chi connectivity index (χ0) is 10.9. The largest absolute Gasteiger partial charge is 0.477 e. The van der Waals surface area contributed by atoms with Gasteiger partial charge in [0.05, 0.1) is 5.75 Å². The summed E-state index contributed by atoms with van der Waals surface area (Å²) in [5.41, 5.74) is 0. The first-order valence-electron chi connectivity index (χ1n) is 3.43. The SMILES string of the molecule is O=C1CSC(=O)N1CC(F)(F)C(=O)O. The van der Waals surface area contributed by atoms with Crippen LogP contribution in [-0.2, 0) is 9.59 Å². The van der Waals surface area contributed by atoms with E-state index in [1.165, 1.54) is 0 Å². The standard InChI is InChI=1S/C6H5F2NO4S/c7-6(8,4(11)12)2-9-3(10)1-14-5(9)13/h1-2H2,(H,11,12). The lowest BCUT2D eigenvalue weighted by Crippen LogP contribution is -2.44. The fraction of sp³-hybridized carbons (Fsp3) is 0.500. The summed E-state index contributed by atoms with van der Waals surface area (Å²) in [6.45, 7) is -1.40. The van der Waals surface area contributed by atoms with Gasteiger partial charge < -0.3 is 5.11 Å². The molecule has 1 aliphatic rings. The second kappa shape index (κ2) is 3.52. The van der Waals surface area contributed by atoms with Gasteiger partial charge in [-0.25, -0.2) is 4.79 Å². The molecule has 0 aromatic heterocycles. The van der Waals surface area contributed by atoms with Gasteiger partial charge in [-0.1, -0.05) is 11.8 Å². The third-order valence-corrected chi connectivity index (χ3v) is 2.37. The van der Waals surface area contributed by atoms with Crippen LogP contribution in [0.3, 0.4) is 0 Å². The Morgan fingerprint density at radius 2 is 2.14 bits per heavy atom. The Labute approximate surface area is 81.1 Å². The van der Waals surface area contributed by atoms with Crippen molar-refractivity contribution in [2.24, 2.45) is 0 Å². The normalized spacial score (nSPS) is 17.7. The quantitative estimate of drug-likeness (QED) is 0.752. The summed E-state index contributed by atoms with van der Waals surface area (Å²) >= 11 is 0.577. The molecule has 0 spiro atoms. The molecule has 1 fully saturated rings. The van der Waals surface area contributed by atoms with Gasteiger partial charge in [0.15, 0.2) is 0 Å². The van der Waals surface area contributed by atoms with Crippen LogP contribution >= 0.6 is 11.8 Å². The van der Waals surface area contributed by atoms with Gasteiger partial charge in [-0.05, 0) is 0 Å². The predicted molar refractivity (Wildman–Crippen MR) is 42.1 cm³/mol. The molecule has 0 saturated carbocycles. The fourth-order valence-electron chi connectivity index (χ4n) is 0.800. The maximum absolute atomic E-state index is 12.6. The molecular weight excluding hydrogens is 220 g/mol. The Bertz CT molecular complexity index is 290. The van der Waals surface area contributed by atoms with Gasteiger partial charge in [-0.2, -0.15) is 8.78 Å². The van der Waals surface area contributed by atoms with Gasteiger partial charge >= 0.3 is 11.9 Å². The summed E-state index contributed by atoms with van der Waals surface area (Å²) in [5.74, 6) is -7.44. The summed E-state index contributed by atoms with van der Waals surface area (Å²) in [6.07, 6.45) is 0. The van der Waals surface area contributed by atoms with E-state index >= 15 is 0 Å². The average molecular weight is 225 g/mol. The minimum absolute atomic E-state index is 0.214. The number of amides is 2. The van der Waals surface area contributed by atoms with Crippen molar-refractivity contribution in [3.8, 4) is 0 Å². The highest BCUT2D eigenvalue weighted by molar-refractivity contribution is 8.14. The minimum Gasteiger partial charge on any atom is -0.477 e. The van der Waals surface area contributed by atoms with Crippen molar-refractivity contribution in [1.82, 2.24) is 4.90 Å². The number of rotatable bonds is 3. The van der Waals surface area contributed by atoms with Crippen LogP contribution < -0.4 is 0 Å². The molecule has 0 aliphatic carbocycles. The lowest BCUT2D eigenvalue weighted by atomic mass is 10.3. The van der Waals surface area contributed by atoms with Gasteiger partial charge in [0.1, 0.15) is 6.54 Å². The summed E-state index contributed by atoms with van der Waals surface area (Å²) < 4.78 is 25.2. The summed E-state index contributed by atoms with van der Waals surface area (Å²) in [4.78, 5) is 31.9. The van der Waals surface area contributed by atoms with Gasteiger partial charge in [0.2, 0.25) is 5.91 Å². The summed E-state index contributed by atoms with van der Waals surface area (Å²) in [5, 5.41) is 7.23. The molecule has 8 heteroatoms. The lowest BCUT2D eigenvalue weighted by Gasteiger charge is -2.17. The van der Waals surface area contributed by atoms with E-state index in [9.17, 15) is 23.2 Å². The monoisotopic (exact) mass is 225 g/mol. The maximum Gasteiger partial charge on any atom is 0.376 e. The van der Waals surface area contributed by atoms with Crippen LogP contribution in [0, 0.1) is 0 Å². The van der Waals surface area contributed by atoms with E-state index < -0.39 is 29.6 Å². The Hall–Kier alpha value is -1.18. The average Bonchev–Trinajstić information content (AvgIpc) is 2.35. The van der Waals surface area contributed by atoms with Crippen molar-refractivity contribution in [3.05, 3.63) is 0 Å². The lowest BCUT2D eigenvalue weighted by molar-refractivity contribution is -0.166. The first kappa shape index (κ1) is 10.9. The number of nitrogens with zero attached hydrogens (tertiary/aromatic N) is 1. The van der Waals surface area contributed by atoms with Crippen LogP contribution in [0.4, 0.5) is 13.6 Å². The van der Waals surface area contributed by atoms with Crippen LogP contribution in [0.25, 0.3) is 0 Å². The highest BCUT2D eigenvalue weighted by atomic mass is 32.2. The first-order valence-corrected chi connectivity index (χ1v) is 4.41. The number of halogens is 2. The van der Waals surface area contributed by atoms with E-state index in [1.54, 1.807) is 0 Å². The predicted octanol–water partition coefficient (Wildman–Crippen LogP) is 0.402. The van der Waals surface area contributed by atoms with Crippen molar-refractivity contribution >= 4 is 28.9 Å². The molecule has 2 amide bonds. The molecule has 1 heterocycles. The topological polar surface area (TPSA) is 74.7 Å². The molecule has 78 valence electrons. The highest BCUT2D eigenvalue weighted by Crippen LogP contribution is 2.24. The molecule has 1 saturated heterocycles. The van der Waals surface area contributed by atoms with Crippen molar-refractivity contribution in [2.45, 2.75) is 5.92 Å². The summed E-state index contributed by atoms with van der Waals surface area (Å²) in [6, 6.07) is 0. The summed E-state index contributed by atoms with van der Waals surface area (Å²) in [7, 11) is 0. The Morgan fingerprint density at radius 1 is 1.57 bits per heavy atom. The van der Waals surface area contributed by atoms with Crippen LogP contribution in [0.5, 0.6) is 0 Å². The zero-order valence-electron chi connectivity index (χ0n) is 6.70. The van der Waals surface area contributed by atoms with E-state index in [-0.39, 0.29) is 10.7 Å². The minimum atomic E-state index is -4.09. The Balaban J connectivity index is 2.73. The van der Waals surface area contributed by atoms with Crippen molar-refractivity contribution in [3.63, 3.8) is 0 Å². The highest BCUT2D eigenvalue weighted by Gasteiger charge is 2.45. The fourth-order valence-corrected chi connectivity index (χ4v) is 1.53. The number of aliphatic carboxylic acids is 1. The molecular formula is C6H5F2NO4S. The molecule has 0 unspecified atom stereocenters. The van der Waals surface area contributed by atoms with Crippen molar-refractivity contribution in [2.75, 3.05) is 12.3 Å². The molecule has 14 heavy (non-hydrogen) atoms. The van der Waals surface area contributed by atoms with E-state index in [4.69, 9.17) is 5.11 Å². The number of carboxylic acid groups (broad SMARTS) is 1. The zero-order valence-corrected chi connectivity index (χ0v) is 7.51. The van der Waals surface area contributed by atoms with E-state index in [0.29, 0.717) is 11.8 Å². The van der Waals surface area contributed by atoms with Crippen molar-refractivity contribution in [1.29, 1.82) is 0 Å². The van der Waals surface area contributed by atoms with Gasteiger partial charge in [-0.15, -0.1) is 0 Å². The maximum atomic E-state index is 12.6. The second-order valence-corrected chi connectivity index (χ2v) is 3.47. The molecule has 0 aromatic carbocycles. The molecule has 1 aliphatic heterocycles. The number of alkyl halides is 2. The van der Waals surface area contributed by atoms with Crippen LogP contribution in [0.15, 0.2) is 0 Å². The third kappa shape index (κ3) is 2.00. The number of thioether (sulfide) groups is 1. The van der Waals surface area contributed by atoms with E-state index in [2.05, 4.69) is 0 Å². The van der Waals surface area contributed by atoms with E-state index in [1.807, 2.05) is 0 Å². The van der Waals surface area contributed by atoms with Crippen LogP contribution in [-0.4, -0.2) is 45.3 Å². The number of hydrogen-bond donors (Lipinski definition) is 1. The first-order chi connectivity index (χ1) is 6.34. The van der Waals surface area contributed by atoms with Crippen molar-refractivity contribution < 1.29 is 28.3 Å². The van der Waals surface area contributed by atoms with Crippen LogP contribution in [0.1, 0.15) is 0 Å². The molecule has 0 radical (unpaired) electrons. The molecule has 0 bridgehead atoms. The van der Waals surface area contributed by atoms with E-state index in [0.717, 1.165) is 0 Å². The Morgan fingerprint density at radius 3 is 2.50 bits per heavy atom.